The topological polar surface area (TPSA) is 71.2 Å². The molecule has 5 heteroatoms. The molecule has 5 nitrogen and oxygen atoms in total. The number of nitrogens with zero attached hydrogens (tertiary/aromatic N) is 2. The number of nitrogens with one attached hydrogen (secondary N) is 1. The van der Waals surface area contributed by atoms with Gasteiger partial charge in [-0.3, -0.25) is 4.79 Å². The average Bonchev–Trinajstić information content (AvgIpc) is 2.43. The van der Waals surface area contributed by atoms with E-state index in [1.807, 2.05) is 38.1 Å². The Balaban J connectivity index is 2.19. The van der Waals surface area contributed by atoms with Gasteiger partial charge in [-0.2, -0.15) is 0 Å². The van der Waals surface area contributed by atoms with Crippen LogP contribution in [0.25, 0.3) is 0 Å². The summed E-state index contributed by atoms with van der Waals surface area (Å²) in [5.74, 6) is 0.555. The molecule has 0 aliphatic heterocycles. The van der Waals surface area contributed by atoms with Crippen molar-refractivity contribution < 1.29 is 4.79 Å². The number of rotatable bonds is 3. The van der Waals surface area contributed by atoms with Gasteiger partial charge in [-0.15, -0.1) is 0 Å². The summed E-state index contributed by atoms with van der Waals surface area (Å²) in [6.07, 6.45) is 1.62. The Morgan fingerprint density at radius 3 is 2.65 bits per heavy atom. The highest BCUT2D eigenvalue weighted by molar-refractivity contribution is 6.04. The van der Waals surface area contributed by atoms with Crippen LogP contribution in [0.1, 0.15) is 15.9 Å². The second kappa shape index (κ2) is 5.61. The molecular formula is C15H18N4O. The molecule has 0 aliphatic carbocycles. The highest BCUT2D eigenvalue weighted by Gasteiger charge is 2.08. The van der Waals surface area contributed by atoms with Gasteiger partial charge in [0.2, 0.25) is 0 Å². The minimum atomic E-state index is -0.182. The first-order chi connectivity index (χ1) is 9.47. The zero-order chi connectivity index (χ0) is 14.7. The lowest BCUT2D eigenvalue weighted by atomic mass is 10.1. The fourth-order valence-corrected chi connectivity index (χ4v) is 1.73. The summed E-state index contributed by atoms with van der Waals surface area (Å²) in [5.41, 5.74) is 8.72. The van der Waals surface area contributed by atoms with Crippen LogP contribution in [0, 0.1) is 6.92 Å². The Morgan fingerprint density at radius 1 is 1.25 bits per heavy atom. The van der Waals surface area contributed by atoms with Crippen molar-refractivity contribution >= 4 is 23.1 Å². The number of carbonyl (C=O) groups excluding carboxylic acids is 1. The van der Waals surface area contributed by atoms with Crippen LogP contribution in [0.3, 0.4) is 0 Å². The molecule has 2 rings (SSSR count). The van der Waals surface area contributed by atoms with Crippen molar-refractivity contribution in [3.63, 3.8) is 0 Å². The second-order valence-corrected chi connectivity index (χ2v) is 4.82. The predicted octanol–water partition coefficient (Wildman–Crippen LogP) is 2.29. The number of nitrogens with two attached hydrogens (primary N) is 1. The van der Waals surface area contributed by atoms with Gasteiger partial charge in [-0.25, -0.2) is 4.98 Å². The Hall–Kier alpha value is -2.56. The molecular weight excluding hydrogens is 252 g/mol. The van der Waals surface area contributed by atoms with Gasteiger partial charge in [-0.05, 0) is 36.8 Å². The predicted molar refractivity (Wildman–Crippen MR) is 82.1 cm³/mol. The molecule has 0 saturated carbocycles. The third-order valence-corrected chi connectivity index (χ3v) is 3.00. The molecule has 0 bridgehead atoms. The molecule has 2 aromatic rings. The lowest BCUT2D eigenvalue weighted by Crippen LogP contribution is -2.15. The molecule has 20 heavy (non-hydrogen) atoms. The van der Waals surface area contributed by atoms with E-state index in [0.29, 0.717) is 16.9 Å². The average molecular weight is 270 g/mol. The minimum absolute atomic E-state index is 0.182. The summed E-state index contributed by atoms with van der Waals surface area (Å²) in [6.45, 7) is 1.92. The van der Waals surface area contributed by atoms with E-state index < -0.39 is 0 Å². The van der Waals surface area contributed by atoms with Gasteiger partial charge in [0.05, 0.1) is 0 Å². The van der Waals surface area contributed by atoms with Crippen LogP contribution in [0.2, 0.25) is 0 Å². The van der Waals surface area contributed by atoms with Crippen molar-refractivity contribution in [1.29, 1.82) is 0 Å². The highest BCUT2D eigenvalue weighted by atomic mass is 16.1. The molecule has 0 radical (unpaired) electrons. The molecule has 1 amide bonds. The van der Waals surface area contributed by atoms with Crippen LogP contribution in [-0.2, 0) is 0 Å². The summed E-state index contributed by atoms with van der Waals surface area (Å²) < 4.78 is 0. The van der Waals surface area contributed by atoms with Crippen LogP contribution < -0.4 is 16.0 Å². The van der Waals surface area contributed by atoms with E-state index in [0.717, 1.165) is 11.4 Å². The van der Waals surface area contributed by atoms with Crippen molar-refractivity contribution in [3.8, 4) is 0 Å². The standard InChI is InChI=1S/C15H18N4O/c1-10-4-5-12(9-13(10)16)18-15(20)11-6-7-17-14(8-11)19(2)3/h4-9H,16H2,1-3H3,(H,18,20). The SMILES string of the molecule is Cc1ccc(NC(=O)c2ccnc(N(C)C)c2)cc1N. The second-order valence-electron chi connectivity index (χ2n) is 4.82. The van der Waals surface area contributed by atoms with Crippen molar-refractivity contribution in [2.24, 2.45) is 0 Å². The fraction of sp³-hybridized carbons (Fsp3) is 0.200. The minimum Gasteiger partial charge on any atom is -0.398 e. The third-order valence-electron chi connectivity index (χ3n) is 3.00. The maximum Gasteiger partial charge on any atom is 0.255 e. The summed E-state index contributed by atoms with van der Waals surface area (Å²) in [7, 11) is 3.76. The van der Waals surface area contributed by atoms with Crippen molar-refractivity contribution in [2.75, 3.05) is 30.0 Å². The summed E-state index contributed by atoms with van der Waals surface area (Å²) in [4.78, 5) is 18.2. The lowest BCUT2D eigenvalue weighted by molar-refractivity contribution is 0.102. The van der Waals surface area contributed by atoms with Crippen LogP contribution in [0.4, 0.5) is 17.2 Å². The molecule has 1 aromatic carbocycles. The van der Waals surface area contributed by atoms with Gasteiger partial charge in [0.15, 0.2) is 0 Å². The summed E-state index contributed by atoms with van der Waals surface area (Å²) >= 11 is 0. The van der Waals surface area contributed by atoms with Crippen molar-refractivity contribution in [3.05, 3.63) is 47.7 Å². The Bertz CT molecular complexity index is 638. The van der Waals surface area contributed by atoms with E-state index in [1.165, 1.54) is 0 Å². The quantitative estimate of drug-likeness (QED) is 0.839. The zero-order valence-electron chi connectivity index (χ0n) is 11.8. The molecule has 1 aromatic heterocycles. The Labute approximate surface area is 118 Å². The number of pyridine rings is 1. The first kappa shape index (κ1) is 13.9. The smallest absolute Gasteiger partial charge is 0.255 e. The number of carbonyl (C=O) groups is 1. The van der Waals surface area contributed by atoms with Crippen LogP contribution in [0.5, 0.6) is 0 Å². The number of amides is 1. The summed E-state index contributed by atoms with van der Waals surface area (Å²) in [6, 6.07) is 8.88. The highest BCUT2D eigenvalue weighted by Crippen LogP contribution is 2.18. The Morgan fingerprint density at radius 2 is 2.00 bits per heavy atom. The molecule has 0 spiro atoms. The van der Waals surface area contributed by atoms with E-state index in [-0.39, 0.29) is 5.91 Å². The monoisotopic (exact) mass is 270 g/mol. The van der Waals surface area contributed by atoms with E-state index in [1.54, 1.807) is 24.4 Å². The molecule has 0 atom stereocenters. The van der Waals surface area contributed by atoms with E-state index in [2.05, 4.69) is 10.3 Å². The largest absolute Gasteiger partial charge is 0.398 e. The number of nitrogen functional groups attached to an aromatic ring is 1. The molecule has 0 aliphatic rings. The maximum absolute atomic E-state index is 12.2. The van der Waals surface area contributed by atoms with Crippen molar-refractivity contribution in [2.45, 2.75) is 6.92 Å². The number of anilines is 3. The normalized spacial score (nSPS) is 10.2. The molecule has 0 fully saturated rings. The van der Waals surface area contributed by atoms with Crippen LogP contribution >= 0.6 is 0 Å². The molecule has 104 valence electrons. The van der Waals surface area contributed by atoms with Crippen LogP contribution in [0.15, 0.2) is 36.5 Å². The number of aromatic nitrogens is 1. The number of hydrogen-bond donors (Lipinski definition) is 2. The zero-order valence-corrected chi connectivity index (χ0v) is 11.8. The fourth-order valence-electron chi connectivity index (χ4n) is 1.73. The van der Waals surface area contributed by atoms with E-state index >= 15 is 0 Å². The number of aryl methyl sites for hydroxylation is 1. The van der Waals surface area contributed by atoms with Gasteiger partial charge in [0.1, 0.15) is 5.82 Å². The molecule has 3 N–H and O–H groups in total. The molecule has 1 heterocycles. The van der Waals surface area contributed by atoms with Gasteiger partial charge < -0.3 is 16.0 Å². The molecule has 0 saturated heterocycles. The number of hydrogen-bond acceptors (Lipinski definition) is 4. The van der Waals surface area contributed by atoms with Gasteiger partial charge in [-0.1, -0.05) is 6.07 Å². The first-order valence-corrected chi connectivity index (χ1v) is 6.28. The first-order valence-electron chi connectivity index (χ1n) is 6.28. The van der Waals surface area contributed by atoms with Gasteiger partial charge in [0.25, 0.3) is 5.91 Å². The maximum atomic E-state index is 12.2. The Kier molecular flexibility index (Phi) is 3.89. The van der Waals surface area contributed by atoms with E-state index in [4.69, 9.17) is 5.73 Å². The number of benzene rings is 1. The lowest BCUT2D eigenvalue weighted by Gasteiger charge is -2.12. The third kappa shape index (κ3) is 3.06. The summed E-state index contributed by atoms with van der Waals surface area (Å²) in [5, 5.41) is 2.83. The van der Waals surface area contributed by atoms with E-state index in [9.17, 15) is 4.79 Å². The molecule has 0 unspecified atom stereocenters. The van der Waals surface area contributed by atoms with Crippen molar-refractivity contribution in [1.82, 2.24) is 4.98 Å². The van der Waals surface area contributed by atoms with Gasteiger partial charge in [0, 0.05) is 37.2 Å². The van der Waals surface area contributed by atoms with Crippen LogP contribution in [-0.4, -0.2) is 25.0 Å². The van der Waals surface area contributed by atoms with Gasteiger partial charge >= 0.3 is 0 Å².